The van der Waals surface area contributed by atoms with Gasteiger partial charge in [-0.2, -0.15) is 13.2 Å². The van der Waals surface area contributed by atoms with E-state index in [2.05, 4.69) is 20.5 Å². The van der Waals surface area contributed by atoms with Crippen molar-refractivity contribution in [3.8, 4) is 0 Å². The van der Waals surface area contributed by atoms with E-state index < -0.39 is 11.7 Å². The number of nitrogens with zero attached hydrogens (tertiary/aromatic N) is 5. The van der Waals surface area contributed by atoms with Crippen molar-refractivity contribution in [1.29, 1.82) is 0 Å². The number of nitrogens with one attached hydrogen (secondary N) is 1. The number of hydrogen-bond donors (Lipinski definition) is 1. The number of halogens is 3. The van der Waals surface area contributed by atoms with Gasteiger partial charge in [-0.1, -0.05) is 18.2 Å². The molecule has 0 atom stereocenters. The lowest BCUT2D eigenvalue weighted by Crippen LogP contribution is -2.38. The van der Waals surface area contributed by atoms with Crippen molar-refractivity contribution in [3.63, 3.8) is 0 Å². The second-order valence-electron chi connectivity index (χ2n) is 6.94. The van der Waals surface area contributed by atoms with Gasteiger partial charge in [0.25, 0.3) is 0 Å². The van der Waals surface area contributed by atoms with Gasteiger partial charge in [0.05, 0.1) is 5.56 Å². The van der Waals surface area contributed by atoms with Crippen LogP contribution in [-0.4, -0.2) is 45.6 Å². The Morgan fingerprint density at radius 2 is 1.90 bits per heavy atom. The number of hydrogen-bond acceptors (Lipinski definition) is 3. The van der Waals surface area contributed by atoms with Crippen molar-refractivity contribution >= 4 is 11.6 Å². The number of rotatable bonds is 7. The number of fused-ring (bicyclic) bond motifs is 1. The number of aryl methyl sites for hydroxylation is 1. The van der Waals surface area contributed by atoms with E-state index in [4.69, 9.17) is 0 Å². The molecule has 2 aromatic heterocycles. The molecule has 0 saturated heterocycles. The minimum Gasteiger partial charge on any atom is -0.357 e. The molecule has 0 bridgehead atoms. The van der Waals surface area contributed by atoms with Gasteiger partial charge in [-0.05, 0) is 43.2 Å². The summed E-state index contributed by atoms with van der Waals surface area (Å²) in [5.41, 5.74) is 0.960. The highest BCUT2D eigenvalue weighted by atomic mass is 19.4. The molecule has 0 spiro atoms. The topological polar surface area (TPSA) is 57.8 Å². The van der Waals surface area contributed by atoms with Gasteiger partial charge in [0.15, 0.2) is 11.6 Å². The molecule has 0 fully saturated rings. The summed E-state index contributed by atoms with van der Waals surface area (Å²) in [6.07, 6.45) is -0.832. The highest BCUT2D eigenvalue weighted by molar-refractivity contribution is 5.79. The Bertz CT molecular complexity index is 978. The van der Waals surface area contributed by atoms with Crippen molar-refractivity contribution in [2.24, 2.45) is 4.99 Å². The molecular formula is C21H25F3N6. The number of pyridine rings is 1. The minimum absolute atomic E-state index is 0.457. The first-order valence-corrected chi connectivity index (χ1v) is 9.82. The molecule has 0 saturated carbocycles. The van der Waals surface area contributed by atoms with Crippen molar-refractivity contribution in [2.45, 2.75) is 32.5 Å². The molecule has 9 heteroatoms. The van der Waals surface area contributed by atoms with E-state index in [0.29, 0.717) is 25.6 Å². The Morgan fingerprint density at radius 1 is 1.13 bits per heavy atom. The van der Waals surface area contributed by atoms with Crippen LogP contribution in [0.4, 0.5) is 13.2 Å². The predicted molar refractivity (Wildman–Crippen MR) is 110 cm³/mol. The van der Waals surface area contributed by atoms with Gasteiger partial charge in [-0.25, -0.2) is 0 Å². The summed E-state index contributed by atoms with van der Waals surface area (Å²) in [4.78, 5) is 6.54. The maximum atomic E-state index is 12.7. The third-order valence-corrected chi connectivity index (χ3v) is 4.60. The number of benzene rings is 1. The van der Waals surface area contributed by atoms with Gasteiger partial charge in [0, 0.05) is 39.3 Å². The number of aromatic nitrogens is 3. The van der Waals surface area contributed by atoms with Gasteiger partial charge < -0.3 is 10.2 Å². The maximum Gasteiger partial charge on any atom is 0.416 e. The Morgan fingerprint density at radius 3 is 2.60 bits per heavy atom. The molecule has 160 valence electrons. The Balaban J connectivity index is 1.57. The summed E-state index contributed by atoms with van der Waals surface area (Å²) in [6.45, 7) is 3.73. The molecule has 3 rings (SSSR count). The SMILES string of the molecule is CCNC(=NCCCc1nnc2ccccn12)N(C)Cc1ccc(C(F)(F)F)cc1. The summed E-state index contributed by atoms with van der Waals surface area (Å²) in [5.74, 6) is 1.60. The Kier molecular flexibility index (Phi) is 6.91. The fourth-order valence-corrected chi connectivity index (χ4v) is 3.10. The van der Waals surface area contributed by atoms with Gasteiger partial charge in [0.2, 0.25) is 0 Å². The average Bonchev–Trinajstić information content (AvgIpc) is 3.13. The summed E-state index contributed by atoms with van der Waals surface area (Å²) in [5, 5.41) is 11.6. The van der Waals surface area contributed by atoms with Crippen molar-refractivity contribution in [3.05, 3.63) is 65.6 Å². The smallest absolute Gasteiger partial charge is 0.357 e. The summed E-state index contributed by atoms with van der Waals surface area (Å²) in [7, 11) is 1.87. The molecule has 0 unspecified atom stereocenters. The zero-order valence-corrected chi connectivity index (χ0v) is 17.0. The van der Waals surface area contributed by atoms with Crippen molar-refractivity contribution in [1.82, 2.24) is 24.8 Å². The quantitative estimate of drug-likeness (QED) is 0.360. The van der Waals surface area contributed by atoms with Gasteiger partial charge in [0.1, 0.15) is 5.82 Å². The first kappa shape index (κ1) is 21.6. The Hall–Kier alpha value is -3.10. The Labute approximate surface area is 173 Å². The molecule has 2 heterocycles. The number of guanidine groups is 1. The molecule has 0 aliphatic rings. The second kappa shape index (κ2) is 9.60. The molecule has 0 aliphatic carbocycles. The largest absolute Gasteiger partial charge is 0.416 e. The molecule has 1 N–H and O–H groups in total. The van der Waals surface area contributed by atoms with E-state index >= 15 is 0 Å². The summed E-state index contributed by atoms with van der Waals surface area (Å²) in [6, 6.07) is 11.0. The van der Waals surface area contributed by atoms with Crippen LogP contribution in [0.1, 0.15) is 30.3 Å². The lowest BCUT2D eigenvalue weighted by molar-refractivity contribution is -0.137. The van der Waals surface area contributed by atoms with Crippen LogP contribution in [-0.2, 0) is 19.1 Å². The van der Waals surface area contributed by atoms with E-state index in [9.17, 15) is 13.2 Å². The van der Waals surface area contributed by atoms with Crippen LogP contribution in [0.3, 0.4) is 0 Å². The maximum absolute atomic E-state index is 12.7. The average molecular weight is 418 g/mol. The van der Waals surface area contributed by atoms with Gasteiger partial charge >= 0.3 is 6.18 Å². The van der Waals surface area contributed by atoms with Gasteiger partial charge in [-0.15, -0.1) is 10.2 Å². The van der Waals surface area contributed by atoms with Crippen LogP contribution in [0.15, 0.2) is 53.7 Å². The first-order valence-electron chi connectivity index (χ1n) is 9.82. The first-order chi connectivity index (χ1) is 14.4. The minimum atomic E-state index is -4.32. The highest BCUT2D eigenvalue weighted by Gasteiger charge is 2.29. The van der Waals surface area contributed by atoms with Crippen LogP contribution < -0.4 is 5.32 Å². The molecular weight excluding hydrogens is 393 g/mol. The molecule has 0 amide bonds. The van der Waals surface area contributed by atoms with Crippen LogP contribution >= 0.6 is 0 Å². The second-order valence-corrected chi connectivity index (χ2v) is 6.94. The number of alkyl halides is 3. The highest BCUT2D eigenvalue weighted by Crippen LogP contribution is 2.29. The van der Waals surface area contributed by atoms with E-state index in [1.807, 2.05) is 47.7 Å². The molecule has 0 aliphatic heterocycles. The molecule has 1 aromatic carbocycles. The zero-order valence-electron chi connectivity index (χ0n) is 17.0. The van der Waals surface area contributed by atoms with E-state index in [1.165, 1.54) is 12.1 Å². The van der Waals surface area contributed by atoms with Crippen molar-refractivity contribution in [2.75, 3.05) is 20.1 Å². The normalized spacial score (nSPS) is 12.4. The van der Waals surface area contributed by atoms with Crippen molar-refractivity contribution < 1.29 is 13.2 Å². The van der Waals surface area contributed by atoms with E-state index in [1.54, 1.807) is 0 Å². The fourth-order valence-electron chi connectivity index (χ4n) is 3.10. The molecule has 30 heavy (non-hydrogen) atoms. The van der Waals surface area contributed by atoms with Crippen LogP contribution in [0.5, 0.6) is 0 Å². The van der Waals surface area contributed by atoms with E-state index in [-0.39, 0.29) is 0 Å². The molecule has 3 aromatic rings. The van der Waals surface area contributed by atoms with Gasteiger partial charge in [-0.3, -0.25) is 9.39 Å². The summed E-state index contributed by atoms with van der Waals surface area (Å²) >= 11 is 0. The monoisotopic (exact) mass is 418 g/mol. The zero-order chi connectivity index (χ0) is 21.6. The molecule has 0 radical (unpaired) electrons. The lowest BCUT2D eigenvalue weighted by Gasteiger charge is -2.22. The molecule has 6 nitrogen and oxygen atoms in total. The van der Waals surface area contributed by atoms with Crippen LogP contribution in [0.25, 0.3) is 5.65 Å². The standard InChI is InChI=1S/C21H25F3N6/c1-3-25-20(29(2)15-16-9-11-17(12-10-16)21(22,23)24)26-13-6-8-19-28-27-18-7-4-5-14-30(18)19/h4-5,7,9-12,14H,3,6,8,13,15H2,1-2H3,(H,25,26). The third kappa shape index (κ3) is 5.49. The third-order valence-electron chi connectivity index (χ3n) is 4.60. The summed E-state index contributed by atoms with van der Waals surface area (Å²) < 4.78 is 40.1. The fraction of sp³-hybridized carbons (Fsp3) is 0.381. The van der Waals surface area contributed by atoms with Crippen LogP contribution in [0.2, 0.25) is 0 Å². The number of aliphatic imine (C=N–C) groups is 1. The predicted octanol–water partition coefficient (Wildman–Crippen LogP) is 3.78. The van der Waals surface area contributed by atoms with E-state index in [0.717, 1.165) is 42.0 Å². The van der Waals surface area contributed by atoms with Crippen LogP contribution in [0, 0.1) is 0 Å². The lowest BCUT2D eigenvalue weighted by atomic mass is 10.1.